The van der Waals surface area contributed by atoms with Gasteiger partial charge < -0.3 is 14.8 Å². The molecular weight excluding hydrogens is 274 g/mol. The van der Waals surface area contributed by atoms with Gasteiger partial charge in [0.25, 0.3) is 0 Å². The zero-order valence-corrected chi connectivity index (χ0v) is 13.9. The van der Waals surface area contributed by atoms with Crippen LogP contribution in [0.5, 0.6) is 11.5 Å². The molecule has 114 valence electrons. The third-order valence-electron chi connectivity index (χ3n) is 3.71. The SMILES string of the molecule is CCC(C)CC(CC)Nc1cc(OC)c(Cl)cc1OC. The van der Waals surface area contributed by atoms with Crippen LogP contribution >= 0.6 is 11.6 Å². The summed E-state index contributed by atoms with van der Waals surface area (Å²) < 4.78 is 10.7. The Labute approximate surface area is 127 Å². The lowest BCUT2D eigenvalue weighted by Crippen LogP contribution is -2.21. The number of hydrogen-bond donors (Lipinski definition) is 1. The summed E-state index contributed by atoms with van der Waals surface area (Å²) in [6.07, 6.45) is 3.40. The largest absolute Gasteiger partial charge is 0.495 e. The van der Waals surface area contributed by atoms with Crippen molar-refractivity contribution in [3.8, 4) is 11.5 Å². The molecule has 0 fully saturated rings. The molecule has 2 atom stereocenters. The van der Waals surface area contributed by atoms with Gasteiger partial charge in [-0.15, -0.1) is 0 Å². The molecule has 0 radical (unpaired) electrons. The molecule has 0 aliphatic heterocycles. The molecule has 0 spiro atoms. The number of halogens is 1. The number of hydrogen-bond acceptors (Lipinski definition) is 3. The van der Waals surface area contributed by atoms with Gasteiger partial charge in [-0.25, -0.2) is 0 Å². The summed E-state index contributed by atoms with van der Waals surface area (Å²) in [5.74, 6) is 2.11. The van der Waals surface area contributed by atoms with Crippen molar-refractivity contribution in [2.24, 2.45) is 5.92 Å². The lowest BCUT2D eigenvalue weighted by atomic mass is 9.97. The van der Waals surface area contributed by atoms with Gasteiger partial charge in [-0.1, -0.05) is 38.8 Å². The Hall–Kier alpha value is -1.09. The summed E-state index contributed by atoms with van der Waals surface area (Å²) in [6.45, 7) is 6.70. The molecular formula is C16H26ClNO2. The molecule has 4 heteroatoms. The van der Waals surface area contributed by atoms with Crippen LogP contribution in [0.4, 0.5) is 5.69 Å². The van der Waals surface area contributed by atoms with Crippen molar-refractivity contribution in [3.05, 3.63) is 17.2 Å². The van der Waals surface area contributed by atoms with E-state index in [4.69, 9.17) is 21.1 Å². The van der Waals surface area contributed by atoms with E-state index < -0.39 is 0 Å². The van der Waals surface area contributed by atoms with Crippen molar-refractivity contribution < 1.29 is 9.47 Å². The van der Waals surface area contributed by atoms with Gasteiger partial charge in [0, 0.05) is 18.2 Å². The average Bonchev–Trinajstić information content (AvgIpc) is 2.47. The summed E-state index contributed by atoms with van der Waals surface area (Å²) in [6, 6.07) is 4.11. The Kier molecular flexibility index (Phi) is 7.00. The summed E-state index contributed by atoms with van der Waals surface area (Å²) in [5, 5.41) is 4.11. The van der Waals surface area contributed by atoms with Crippen LogP contribution in [-0.4, -0.2) is 20.3 Å². The maximum atomic E-state index is 6.12. The minimum absolute atomic E-state index is 0.421. The molecule has 20 heavy (non-hydrogen) atoms. The van der Waals surface area contributed by atoms with Gasteiger partial charge in [0.2, 0.25) is 0 Å². The van der Waals surface area contributed by atoms with Crippen molar-refractivity contribution >= 4 is 17.3 Å². The fourth-order valence-electron chi connectivity index (χ4n) is 2.17. The molecule has 1 aromatic carbocycles. The summed E-state index contributed by atoms with van der Waals surface area (Å²) in [4.78, 5) is 0. The van der Waals surface area contributed by atoms with E-state index >= 15 is 0 Å². The second kappa shape index (κ2) is 8.25. The van der Waals surface area contributed by atoms with Gasteiger partial charge in [0.15, 0.2) is 0 Å². The predicted octanol–water partition coefficient (Wildman–Crippen LogP) is 4.98. The highest BCUT2D eigenvalue weighted by Gasteiger charge is 2.15. The molecule has 0 saturated heterocycles. The van der Waals surface area contributed by atoms with Crippen LogP contribution in [0, 0.1) is 5.92 Å². The second-order valence-corrected chi connectivity index (χ2v) is 5.59. The summed E-state index contributed by atoms with van der Waals surface area (Å²) in [7, 11) is 3.27. The maximum Gasteiger partial charge on any atom is 0.143 e. The van der Waals surface area contributed by atoms with E-state index in [1.165, 1.54) is 6.42 Å². The molecule has 1 rings (SSSR count). The average molecular weight is 300 g/mol. The van der Waals surface area contributed by atoms with Crippen LogP contribution in [0.25, 0.3) is 0 Å². The Morgan fingerprint density at radius 1 is 1.10 bits per heavy atom. The molecule has 1 aromatic rings. The van der Waals surface area contributed by atoms with Crippen molar-refractivity contribution in [1.29, 1.82) is 0 Å². The van der Waals surface area contributed by atoms with E-state index in [9.17, 15) is 0 Å². The van der Waals surface area contributed by atoms with E-state index in [1.807, 2.05) is 6.07 Å². The summed E-state index contributed by atoms with van der Waals surface area (Å²) >= 11 is 6.12. The van der Waals surface area contributed by atoms with Crippen molar-refractivity contribution in [2.45, 2.75) is 46.1 Å². The van der Waals surface area contributed by atoms with Gasteiger partial charge in [-0.05, 0) is 18.8 Å². The third kappa shape index (κ3) is 4.48. The minimum Gasteiger partial charge on any atom is -0.495 e. The van der Waals surface area contributed by atoms with Crippen molar-refractivity contribution in [1.82, 2.24) is 0 Å². The molecule has 0 amide bonds. The van der Waals surface area contributed by atoms with Crippen LogP contribution in [0.15, 0.2) is 12.1 Å². The second-order valence-electron chi connectivity index (χ2n) is 5.19. The lowest BCUT2D eigenvalue weighted by Gasteiger charge is -2.23. The number of methoxy groups -OCH3 is 2. The number of rotatable bonds is 8. The first kappa shape index (κ1) is 17.0. The Morgan fingerprint density at radius 2 is 1.75 bits per heavy atom. The molecule has 0 aliphatic carbocycles. The topological polar surface area (TPSA) is 30.5 Å². The number of nitrogens with one attached hydrogen (secondary N) is 1. The van der Waals surface area contributed by atoms with Gasteiger partial charge >= 0.3 is 0 Å². The minimum atomic E-state index is 0.421. The summed E-state index contributed by atoms with van der Waals surface area (Å²) in [5.41, 5.74) is 0.934. The molecule has 0 heterocycles. The molecule has 0 saturated carbocycles. The molecule has 0 aliphatic rings. The zero-order valence-electron chi connectivity index (χ0n) is 13.1. The van der Waals surface area contributed by atoms with E-state index in [2.05, 4.69) is 26.1 Å². The normalized spacial score (nSPS) is 13.7. The smallest absolute Gasteiger partial charge is 0.143 e. The molecule has 1 N–H and O–H groups in total. The Balaban J connectivity index is 2.93. The van der Waals surface area contributed by atoms with Gasteiger partial charge in [0.05, 0.1) is 24.9 Å². The fraction of sp³-hybridized carbons (Fsp3) is 0.625. The monoisotopic (exact) mass is 299 g/mol. The molecule has 0 bridgehead atoms. The fourth-order valence-corrected chi connectivity index (χ4v) is 2.40. The zero-order chi connectivity index (χ0) is 15.1. The third-order valence-corrected chi connectivity index (χ3v) is 4.01. The first-order valence-electron chi connectivity index (χ1n) is 7.23. The van der Waals surface area contributed by atoms with Gasteiger partial charge in [0.1, 0.15) is 11.5 Å². The Bertz CT molecular complexity index is 423. The molecule has 2 unspecified atom stereocenters. The predicted molar refractivity (Wildman–Crippen MR) is 86.3 cm³/mol. The van der Waals surface area contributed by atoms with E-state index in [0.717, 1.165) is 24.3 Å². The molecule has 3 nitrogen and oxygen atoms in total. The highest BCUT2D eigenvalue weighted by molar-refractivity contribution is 6.32. The first-order chi connectivity index (χ1) is 9.55. The lowest BCUT2D eigenvalue weighted by molar-refractivity contribution is 0.403. The number of anilines is 1. The highest BCUT2D eigenvalue weighted by Crippen LogP contribution is 2.36. The maximum absolute atomic E-state index is 6.12. The first-order valence-corrected chi connectivity index (χ1v) is 7.61. The van der Waals surface area contributed by atoms with Crippen molar-refractivity contribution in [3.63, 3.8) is 0 Å². The van der Waals surface area contributed by atoms with Crippen LogP contribution in [0.2, 0.25) is 5.02 Å². The van der Waals surface area contributed by atoms with Gasteiger partial charge in [-0.2, -0.15) is 0 Å². The van der Waals surface area contributed by atoms with Crippen LogP contribution in [0.1, 0.15) is 40.0 Å². The van der Waals surface area contributed by atoms with E-state index in [0.29, 0.717) is 22.7 Å². The van der Waals surface area contributed by atoms with Crippen LogP contribution < -0.4 is 14.8 Å². The number of benzene rings is 1. The Morgan fingerprint density at radius 3 is 2.25 bits per heavy atom. The van der Waals surface area contributed by atoms with Crippen LogP contribution in [-0.2, 0) is 0 Å². The van der Waals surface area contributed by atoms with Crippen molar-refractivity contribution in [2.75, 3.05) is 19.5 Å². The number of ether oxygens (including phenoxy) is 2. The standard InChI is InChI=1S/C16H26ClNO2/c1-6-11(3)8-12(7-2)18-14-10-15(19-4)13(17)9-16(14)20-5/h9-12,18H,6-8H2,1-5H3. The van der Waals surface area contributed by atoms with E-state index in [1.54, 1.807) is 20.3 Å². The van der Waals surface area contributed by atoms with E-state index in [-0.39, 0.29) is 0 Å². The van der Waals surface area contributed by atoms with Crippen LogP contribution in [0.3, 0.4) is 0 Å². The van der Waals surface area contributed by atoms with Gasteiger partial charge in [-0.3, -0.25) is 0 Å². The quantitative estimate of drug-likeness (QED) is 0.734. The highest BCUT2D eigenvalue weighted by atomic mass is 35.5. The molecule has 0 aromatic heterocycles.